The summed E-state index contributed by atoms with van der Waals surface area (Å²) in [5.41, 5.74) is 2.12. The topological polar surface area (TPSA) is 55.4 Å². The van der Waals surface area contributed by atoms with Gasteiger partial charge in [-0.1, -0.05) is 18.2 Å². The average molecular weight is 337 g/mol. The maximum atomic E-state index is 12.1. The van der Waals surface area contributed by atoms with Gasteiger partial charge in [0.1, 0.15) is 10.6 Å². The molecule has 0 radical (unpaired) electrons. The summed E-state index contributed by atoms with van der Waals surface area (Å²) in [6.45, 7) is 1.87. The predicted octanol–water partition coefficient (Wildman–Crippen LogP) is 4.53. The molecule has 0 saturated heterocycles. The molecule has 1 amide bonds. The first-order chi connectivity index (χ1) is 11.6. The van der Waals surface area contributed by atoms with Gasteiger partial charge in [0.15, 0.2) is 0 Å². The standard InChI is InChI=1S/C19H15NO3S/c1-13-11-12-24-17(13)19(22)23-16-9-7-15(8-10-16)20-18(21)14-5-3-2-4-6-14/h2-12H,1H3,(H,20,21). The molecule has 5 heteroatoms. The summed E-state index contributed by atoms with van der Waals surface area (Å²) in [5, 5.41) is 4.65. The molecule has 0 aliphatic carbocycles. The molecule has 0 spiro atoms. The van der Waals surface area contributed by atoms with Crippen molar-refractivity contribution in [3.05, 3.63) is 82.0 Å². The highest BCUT2D eigenvalue weighted by Gasteiger charge is 2.13. The Morgan fingerprint density at radius 3 is 2.29 bits per heavy atom. The maximum absolute atomic E-state index is 12.1. The third-order valence-corrected chi connectivity index (χ3v) is 4.40. The molecular formula is C19H15NO3S. The zero-order valence-corrected chi connectivity index (χ0v) is 13.8. The summed E-state index contributed by atoms with van der Waals surface area (Å²) in [6.07, 6.45) is 0. The van der Waals surface area contributed by atoms with Crippen molar-refractivity contribution < 1.29 is 14.3 Å². The van der Waals surface area contributed by atoms with E-state index >= 15 is 0 Å². The molecule has 0 aliphatic heterocycles. The number of esters is 1. The van der Waals surface area contributed by atoms with E-state index in [0.717, 1.165) is 5.56 Å². The lowest BCUT2D eigenvalue weighted by molar-refractivity contribution is 0.0739. The number of rotatable bonds is 4. The minimum Gasteiger partial charge on any atom is -0.422 e. The molecule has 0 saturated carbocycles. The number of thiophene rings is 1. The number of aryl methyl sites for hydroxylation is 1. The minimum atomic E-state index is -0.372. The molecule has 24 heavy (non-hydrogen) atoms. The van der Waals surface area contributed by atoms with E-state index in [1.165, 1.54) is 11.3 Å². The zero-order chi connectivity index (χ0) is 16.9. The van der Waals surface area contributed by atoms with Crippen LogP contribution in [-0.4, -0.2) is 11.9 Å². The van der Waals surface area contributed by atoms with Crippen LogP contribution in [0.5, 0.6) is 5.75 Å². The summed E-state index contributed by atoms with van der Waals surface area (Å²) >= 11 is 1.35. The van der Waals surface area contributed by atoms with E-state index in [1.54, 1.807) is 36.4 Å². The predicted molar refractivity (Wildman–Crippen MR) is 94.9 cm³/mol. The molecule has 1 heterocycles. The molecule has 4 nitrogen and oxygen atoms in total. The quantitative estimate of drug-likeness (QED) is 0.562. The van der Waals surface area contributed by atoms with Crippen molar-refractivity contribution in [1.82, 2.24) is 0 Å². The van der Waals surface area contributed by atoms with Gasteiger partial charge < -0.3 is 10.1 Å². The third-order valence-electron chi connectivity index (χ3n) is 3.41. The van der Waals surface area contributed by atoms with Gasteiger partial charge in [-0.2, -0.15) is 0 Å². The molecule has 1 aromatic heterocycles. The molecule has 0 aliphatic rings. The van der Waals surface area contributed by atoms with E-state index in [-0.39, 0.29) is 11.9 Å². The van der Waals surface area contributed by atoms with Crippen LogP contribution < -0.4 is 10.1 Å². The fourth-order valence-electron chi connectivity index (χ4n) is 2.13. The van der Waals surface area contributed by atoms with Crippen LogP contribution in [-0.2, 0) is 0 Å². The monoisotopic (exact) mass is 337 g/mol. The van der Waals surface area contributed by atoms with Crippen LogP contribution in [0.1, 0.15) is 25.6 Å². The molecule has 2 aromatic carbocycles. The fraction of sp³-hybridized carbons (Fsp3) is 0.0526. The minimum absolute atomic E-state index is 0.186. The number of hydrogen-bond acceptors (Lipinski definition) is 4. The average Bonchev–Trinajstić information content (AvgIpc) is 3.03. The Kier molecular flexibility index (Phi) is 4.72. The van der Waals surface area contributed by atoms with Gasteiger partial charge in [0.25, 0.3) is 5.91 Å². The molecule has 120 valence electrons. The number of carbonyl (C=O) groups is 2. The first-order valence-electron chi connectivity index (χ1n) is 7.36. The van der Waals surface area contributed by atoms with Gasteiger partial charge in [0.2, 0.25) is 0 Å². The van der Waals surface area contributed by atoms with Gasteiger partial charge >= 0.3 is 5.97 Å². The number of hydrogen-bond donors (Lipinski definition) is 1. The second-order valence-corrected chi connectivity index (χ2v) is 6.08. The van der Waals surface area contributed by atoms with E-state index in [1.807, 2.05) is 36.6 Å². The molecular weight excluding hydrogens is 322 g/mol. The summed E-state index contributed by atoms with van der Waals surface area (Å²) < 4.78 is 5.34. The Hall–Kier alpha value is -2.92. The molecule has 1 N–H and O–H groups in total. The zero-order valence-electron chi connectivity index (χ0n) is 13.0. The first kappa shape index (κ1) is 16.0. The number of amides is 1. The molecule has 3 rings (SSSR count). The summed E-state index contributed by atoms with van der Waals surface area (Å²) in [7, 11) is 0. The Morgan fingerprint density at radius 2 is 1.67 bits per heavy atom. The van der Waals surface area contributed by atoms with E-state index < -0.39 is 0 Å². The lowest BCUT2D eigenvalue weighted by Crippen LogP contribution is -2.11. The van der Waals surface area contributed by atoms with Crippen LogP contribution in [0.25, 0.3) is 0 Å². The van der Waals surface area contributed by atoms with Crippen molar-refractivity contribution in [2.45, 2.75) is 6.92 Å². The van der Waals surface area contributed by atoms with Gasteiger partial charge in [-0.3, -0.25) is 4.79 Å². The van der Waals surface area contributed by atoms with Crippen LogP contribution in [0.15, 0.2) is 66.0 Å². The number of anilines is 1. The second-order valence-electron chi connectivity index (χ2n) is 5.17. The summed E-state index contributed by atoms with van der Waals surface area (Å²) in [4.78, 5) is 24.7. The van der Waals surface area contributed by atoms with Crippen LogP contribution in [0, 0.1) is 6.92 Å². The summed E-state index contributed by atoms with van der Waals surface area (Å²) in [6, 6.07) is 17.6. The normalized spacial score (nSPS) is 10.2. The Bertz CT molecular complexity index is 854. The van der Waals surface area contributed by atoms with Crippen LogP contribution in [0.3, 0.4) is 0 Å². The van der Waals surface area contributed by atoms with Crippen molar-refractivity contribution in [3.8, 4) is 5.75 Å². The van der Waals surface area contributed by atoms with E-state index in [4.69, 9.17) is 4.74 Å². The molecule has 0 bridgehead atoms. The van der Waals surface area contributed by atoms with Crippen LogP contribution in [0.4, 0.5) is 5.69 Å². The van der Waals surface area contributed by atoms with E-state index in [2.05, 4.69) is 5.32 Å². The smallest absolute Gasteiger partial charge is 0.353 e. The number of carbonyl (C=O) groups excluding carboxylic acids is 2. The molecule has 0 fully saturated rings. The fourth-order valence-corrected chi connectivity index (χ4v) is 2.93. The maximum Gasteiger partial charge on any atom is 0.353 e. The Morgan fingerprint density at radius 1 is 0.958 bits per heavy atom. The van der Waals surface area contributed by atoms with Crippen molar-refractivity contribution in [3.63, 3.8) is 0 Å². The van der Waals surface area contributed by atoms with Crippen molar-refractivity contribution in [2.75, 3.05) is 5.32 Å². The largest absolute Gasteiger partial charge is 0.422 e. The van der Waals surface area contributed by atoms with Crippen molar-refractivity contribution in [1.29, 1.82) is 0 Å². The van der Waals surface area contributed by atoms with Gasteiger partial charge in [-0.25, -0.2) is 4.79 Å². The van der Waals surface area contributed by atoms with Crippen LogP contribution >= 0.6 is 11.3 Å². The van der Waals surface area contributed by atoms with Crippen molar-refractivity contribution >= 4 is 28.9 Å². The van der Waals surface area contributed by atoms with Gasteiger partial charge in [-0.05, 0) is 60.3 Å². The van der Waals surface area contributed by atoms with Crippen molar-refractivity contribution in [2.24, 2.45) is 0 Å². The van der Waals surface area contributed by atoms with Crippen LogP contribution in [0.2, 0.25) is 0 Å². The van der Waals surface area contributed by atoms with Gasteiger partial charge in [0, 0.05) is 11.3 Å². The number of benzene rings is 2. The number of ether oxygens (including phenoxy) is 1. The highest BCUT2D eigenvalue weighted by Crippen LogP contribution is 2.21. The molecule has 3 aromatic rings. The number of nitrogens with one attached hydrogen (secondary N) is 1. The molecule has 0 atom stereocenters. The lowest BCUT2D eigenvalue weighted by atomic mass is 10.2. The highest BCUT2D eigenvalue weighted by atomic mass is 32.1. The Labute approximate surface area is 143 Å². The van der Waals surface area contributed by atoms with E-state index in [0.29, 0.717) is 21.9 Å². The second kappa shape index (κ2) is 7.10. The Balaban J connectivity index is 1.64. The first-order valence-corrected chi connectivity index (χ1v) is 8.24. The third kappa shape index (κ3) is 3.70. The summed E-state index contributed by atoms with van der Waals surface area (Å²) in [5.74, 6) is -0.122. The van der Waals surface area contributed by atoms with Gasteiger partial charge in [0.05, 0.1) is 0 Å². The lowest BCUT2D eigenvalue weighted by Gasteiger charge is -2.07. The van der Waals surface area contributed by atoms with E-state index in [9.17, 15) is 9.59 Å². The van der Waals surface area contributed by atoms with Gasteiger partial charge in [-0.15, -0.1) is 11.3 Å². The molecule has 0 unspecified atom stereocenters. The highest BCUT2D eigenvalue weighted by molar-refractivity contribution is 7.12. The SMILES string of the molecule is Cc1ccsc1C(=O)Oc1ccc(NC(=O)c2ccccc2)cc1.